The summed E-state index contributed by atoms with van der Waals surface area (Å²) in [5.74, 6) is 1.86. The van der Waals surface area contributed by atoms with Gasteiger partial charge in [0.1, 0.15) is 0 Å². The molecule has 0 amide bonds. The molecule has 0 aliphatic heterocycles. The molecule has 3 nitrogen and oxygen atoms in total. The smallest absolute Gasteiger partial charge is 0.0897 e. The first-order chi connectivity index (χ1) is 9.31. The second kappa shape index (κ2) is 6.55. The number of aliphatic hydroxyl groups is 1. The minimum atomic E-state index is -0.332. The van der Waals surface area contributed by atoms with E-state index in [0.29, 0.717) is 25.3 Å². The average Bonchev–Trinajstić information content (AvgIpc) is 3.06. The number of rotatable bonds is 6. The fourth-order valence-corrected chi connectivity index (χ4v) is 4.32. The van der Waals surface area contributed by atoms with Crippen LogP contribution in [0.2, 0.25) is 0 Å². The molecule has 3 fully saturated rings. The van der Waals surface area contributed by atoms with Gasteiger partial charge in [-0.3, -0.25) is 0 Å². The first-order valence-electron chi connectivity index (χ1n) is 8.34. The first kappa shape index (κ1) is 13.8. The molecule has 0 aromatic heterocycles. The van der Waals surface area contributed by atoms with Crippen LogP contribution in [0.5, 0.6) is 0 Å². The lowest BCUT2D eigenvalue weighted by molar-refractivity contribution is -0.0240. The molecular formula is C16H29NO2. The number of nitrogens with one attached hydrogen (secondary N) is 1. The summed E-state index contributed by atoms with van der Waals surface area (Å²) in [5, 5.41) is 13.6. The predicted octanol–water partition coefficient (Wildman–Crippen LogP) is 2.47. The third-order valence-corrected chi connectivity index (χ3v) is 5.43. The van der Waals surface area contributed by atoms with Gasteiger partial charge in [-0.15, -0.1) is 0 Å². The normalized spacial score (nSPS) is 36.8. The van der Waals surface area contributed by atoms with Crippen LogP contribution in [0.3, 0.4) is 0 Å². The van der Waals surface area contributed by atoms with Gasteiger partial charge < -0.3 is 15.2 Å². The summed E-state index contributed by atoms with van der Waals surface area (Å²) in [6, 6.07) is 0.670. The second-order valence-electron chi connectivity index (χ2n) is 6.94. The molecule has 3 aliphatic carbocycles. The van der Waals surface area contributed by atoms with E-state index in [1.165, 1.54) is 57.8 Å². The summed E-state index contributed by atoms with van der Waals surface area (Å²) in [4.78, 5) is 0. The van der Waals surface area contributed by atoms with Crippen LogP contribution in [-0.2, 0) is 4.74 Å². The third-order valence-electron chi connectivity index (χ3n) is 5.43. The highest BCUT2D eigenvalue weighted by Gasteiger charge is 2.39. The molecule has 110 valence electrons. The van der Waals surface area contributed by atoms with Crippen LogP contribution in [0.4, 0.5) is 0 Å². The van der Waals surface area contributed by atoms with Gasteiger partial charge in [-0.2, -0.15) is 0 Å². The van der Waals surface area contributed by atoms with Crippen LogP contribution in [0.1, 0.15) is 57.8 Å². The van der Waals surface area contributed by atoms with E-state index in [0.717, 1.165) is 11.8 Å². The van der Waals surface area contributed by atoms with Gasteiger partial charge in [0.05, 0.1) is 18.8 Å². The molecule has 3 aliphatic rings. The lowest BCUT2D eigenvalue weighted by Crippen LogP contribution is -2.40. The maximum absolute atomic E-state index is 10.0. The SMILES string of the molecule is OC(CNC1CC2CCC1C2)COC1CCCCC1. The van der Waals surface area contributed by atoms with E-state index in [9.17, 15) is 5.11 Å². The fourth-order valence-electron chi connectivity index (χ4n) is 4.32. The minimum Gasteiger partial charge on any atom is -0.389 e. The van der Waals surface area contributed by atoms with Gasteiger partial charge in [-0.1, -0.05) is 25.7 Å². The molecule has 0 heterocycles. The number of hydrogen-bond acceptors (Lipinski definition) is 3. The number of fused-ring (bicyclic) bond motifs is 2. The molecular weight excluding hydrogens is 238 g/mol. The van der Waals surface area contributed by atoms with Crippen molar-refractivity contribution in [3.05, 3.63) is 0 Å². The van der Waals surface area contributed by atoms with Gasteiger partial charge in [-0.25, -0.2) is 0 Å². The maximum Gasteiger partial charge on any atom is 0.0897 e. The summed E-state index contributed by atoms with van der Waals surface area (Å²) in [6.07, 6.45) is 12.0. The van der Waals surface area contributed by atoms with Gasteiger partial charge >= 0.3 is 0 Å². The van der Waals surface area contributed by atoms with Gasteiger partial charge in [0.15, 0.2) is 0 Å². The highest BCUT2D eigenvalue weighted by Crippen LogP contribution is 2.44. The van der Waals surface area contributed by atoms with Crippen molar-refractivity contribution in [3.63, 3.8) is 0 Å². The summed E-state index contributed by atoms with van der Waals surface area (Å²) < 4.78 is 5.83. The Hall–Kier alpha value is -0.120. The zero-order valence-corrected chi connectivity index (χ0v) is 12.0. The van der Waals surface area contributed by atoms with E-state index in [1.54, 1.807) is 0 Å². The van der Waals surface area contributed by atoms with Crippen molar-refractivity contribution in [2.75, 3.05) is 13.2 Å². The molecule has 3 saturated carbocycles. The number of hydrogen-bond donors (Lipinski definition) is 2. The molecule has 19 heavy (non-hydrogen) atoms. The number of aliphatic hydroxyl groups excluding tert-OH is 1. The summed E-state index contributed by atoms with van der Waals surface area (Å²) >= 11 is 0. The molecule has 0 aromatic rings. The van der Waals surface area contributed by atoms with Crippen molar-refractivity contribution in [1.82, 2.24) is 5.32 Å². The molecule has 3 rings (SSSR count). The molecule has 0 spiro atoms. The lowest BCUT2D eigenvalue weighted by atomic mass is 9.95. The van der Waals surface area contributed by atoms with Gasteiger partial charge in [0.2, 0.25) is 0 Å². The van der Waals surface area contributed by atoms with Crippen molar-refractivity contribution >= 4 is 0 Å². The second-order valence-corrected chi connectivity index (χ2v) is 6.94. The van der Waals surface area contributed by atoms with E-state index in [2.05, 4.69) is 5.32 Å². The molecule has 2 bridgehead atoms. The Labute approximate surface area is 117 Å². The van der Waals surface area contributed by atoms with Crippen molar-refractivity contribution in [2.45, 2.75) is 76.0 Å². The van der Waals surface area contributed by atoms with E-state index in [4.69, 9.17) is 4.74 Å². The average molecular weight is 267 g/mol. The van der Waals surface area contributed by atoms with Gasteiger partial charge in [0.25, 0.3) is 0 Å². The quantitative estimate of drug-likeness (QED) is 0.777. The highest BCUT2D eigenvalue weighted by molar-refractivity contribution is 4.94. The summed E-state index contributed by atoms with van der Waals surface area (Å²) in [7, 11) is 0. The molecule has 0 saturated heterocycles. The number of ether oxygens (including phenoxy) is 1. The van der Waals surface area contributed by atoms with E-state index in [-0.39, 0.29) is 6.10 Å². The molecule has 0 radical (unpaired) electrons. The summed E-state index contributed by atoms with van der Waals surface area (Å²) in [5.41, 5.74) is 0. The Morgan fingerprint density at radius 3 is 2.58 bits per heavy atom. The summed E-state index contributed by atoms with van der Waals surface area (Å²) in [6.45, 7) is 1.22. The monoisotopic (exact) mass is 267 g/mol. The molecule has 4 unspecified atom stereocenters. The predicted molar refractivity (Wildman–Crippen MR) is 76.1 cm³/mol. The van der Waals surface area contributed by atoms with Gasteiger partial charge in [-0.05, 0) is 43.9 Å². The van der Waals surface area contributed by atoms with Gasteiger partial charge in [0, 0.05) is 12.6 Å². The lowest BCUT2D eigenvalue weighted by Gasteiger charge is -2.26. The Morgan fingerprint density at radius 1 is 1.05 bits per heavy atom. The molecule has 0 aromatic carbocycles. The Bertz CT molecular complexity index is 278. The standard InChI is InChI=1S/C16H29NO2/c18-14(11-19-15-4-2-1-3-5-15)10-17-16-9-12-6-7-13(16)8-12/h12-18H,1-11H2. The van der Waals surface area contributed by atoms with Crippen LogP contribution in [0.25, 0.3) is 0 Å². The Kier molecular flexibility index (Phi) is 4.78. The topological polar surface area (TPSA) is 41.5 Å². The van der Waals surface area contributed by atoms with Crippen LogP contribution < -0.4 is 5.32 Å². The third kappa shape index (κ3) is 3.71. The zero-order chi connectivity index (χ0) is 13.1. The van der Waals surface area contributed by atoms with Crippen LogP contribution in [0, 0.1) is 11.8 Å². The largest absolute Gasteiger partial charge is 0.389 e. The maximum atomic E-state index is 10.0. The molecule has 4 atom stereocenters. The molecule has 3 heteroatoms. The Morgan fingerprint density at radius 2 is 1.89 bits per heavy atom. The first-order valence-corrected chi connectivity index (χ1v) is 8.34. The van der Waals surface area contributed by atoms with Crippen LogP contribution in [0.15, 0.2) is 0 Å². The highest BCUT2D eigenvalue weighted by atomic mass is 16.5. The zero-order valence-electron chi connectivity index (χ0n) is 12.0. The fraction of sp³-hybridized carbons (Fsp3) is 1.00. The van der Waals surface area contributed by atoms with E-state index >= 15 is 0 Å². The van der Waals surface area contributed by atoms with Crippen molar-refractivity contribution in [3.8, 4) is 0 Å². The van der Waals surface area contributed by atoms with Crippen LogP contribution >= 0.6 is 0 Å². The van der Waals surface area contributed by atoms with Crippen molar-refractivity contribution in [1.29, 1.82) is 0 Å². The Balaban J connectivity index is 1.29. The van der Waals surface area contributed by atoms with Crippen LogP contribution in [-0.4, -0.2) is 36.5 Å². The van der Waals surface area contributed by atoms with Crippen molar-refractivity contribution in [2.24, 2.45) is 11.8 Å². The van der Waals surface area contributed by atoms with E-state index in [1.807, 2.05) is 0 Å². The van der Waals surface area contributed by atoms with Crippen molar-refractivity contribution < 1.29 is 9.84 Å². The molecule has 2 N–H and O–H groups in total. The van der Waals surface area contributed by atoms with E-state index < -0.39 is 0 Å². The minimum absolute atomic E-state index is 0.332.